The molecule has 27 heavy (non-hydrogen) atoms. The molecule has 0 saturated carbocycles. The number of nitrogens with zero attached hydrogens (tertiary/aromatic N) is 3. The van der Waals surface area contributed by atoms with E-state index in [1.807, 2.05) is 22.9 Å². The van der Waals surface area contributed by atoms with Crippen molar-refractivity contribution in [3.05, 3.63) is 62.8 Å². The van der Waals surface area contributed by atoms with E-state index in [0.717, 1.165) is 17.3 Å². The number of pyridine rings is 1. The minimum atomic E-state index is -0.145. The monoisotopic (exact) mass is 410 g/mol. The van der Waals surface area contributed by atoms with Crippen molar-refractivity contribution in [2.24, 2.45) is 0 Å². The van der Waals surface area contributed by atoms with Crippen LogP contribution in [0, 0.1) is 22.7 Å². The Bertz CT molecular complexity index is 1100. The van der Waals surface area contributed by atoms with Crippen LogP contribution >= 0.6 is 34.7 Å². The van der Waals surface area contributed by atoms with Gasteiger partial charge < -0.3 is 5.73 Å². The summed E-state index contributed by atoms with van der Waals surface area (Å²) in [6, 6.07) is 12.6. The molecule has 0 spiro atoms. The summed E-state index contributed by atoms with van der Waals surface area (Å²) in [5.74, 6) is -0.0419. The van der Waals surface area contributed by atoms with Crippen LogP contribution in [-0.2, 0) is 0 Å². The lowest BCUT2D eigenvalue weighted by Crippen LogP contribution is -2.06. The summed E-state index contributed by atoms with van der Waals surface area (Å²) in [6.45, 7) is 0. The van der Waals surface area contributed by atoms with Gasteiger partial charge in [-0.05, 0) is 34.5 Å². The molecule has 1 aromatic carbocycles. The van der Waals surface area contributed by atoms with Crippen molar-refractivity contribution in [3.63, 3.8) is 0 Å². The summed E-state index contributed by atoms with van der Waals surface area (Å²) in [7, 11) is 0. The molecule has 0 unspecified atom stereocenters. The van der Waals surface area contributed by atoms with Gasteiger partial charge in [0.05, 0.1) is 11.3 Å². The molecule has 3 rings (SSSR count). The van der Waals surface area contributed by atoms with Gasteiger partial charge in [0.15, 0.2) is 5.78 Å². The number of ketones is 1. The third-order valence-electron chi connectivity index (χ3n) is 3.71. The maximum atomic E-state index is 12.4. The quantitative estimate of drug-likeness (QED) is 0.480. The lowest BCUT2D eigenvalue weighted by molar-refractivity contribution is 0.102. The minimum Gasteiger partial charge on any atom is -0.383 e. The summed E-state index contributed by atoms with van der Waals surface area (Å²) in [5, 5.41) is 23.6. The number of nitrogens with two attached hydrogens (primary N) is 1. The lowest BCUT2D eigenvalue weighted by atomic mass is 9.99. The SMILES string of the molecule is N#Cc1c(N)nc(SCC(=O)c2cccc(Cl)c2)c(C#N)c1-c1ccsc1. The molecule has 2 aromatic heterocycles. The van der Waals surface area contributed by atoms with Gasteiger partial charge in [0.1, 0.15) is 28.5 Å². The fourth-order valence-electron chi connectivity index (χ4n) is 2.48. The molecule has 0 saturated heterocycles. The van der Waals surface area contributed by atoms with E-state index < -0.39 is 0 Å². The number of halogens is 1. The van der Waals surface area contributed by atoms with E-state index in [4.69, 9.17) is 17.3 Å². The van der Waals surface area contributed by atoms with Crippen LogP contribution in [0.1, 0.15) is 21.5 Å². The second kappa shape index (κ2) is 8.24. The number of thioether (sulfide) groups is 1. The van der Waals surface area contributed by atoms with E-state index in [2.05, 4.69) is 11.1 Å². The second-order valence-corrected chi connectivity index (χ2v) is 7.57. The zero-order valence-corrected chi connectivity index (χ0v) is 16.2. The van der Waals surface area contributed by atoms with Gasteiger partial charge in [-0.3, -0.25) is 4.79 Å². The van der Waals surface area contributed by atoms with Crippen molar-refractivity contribution in [1.29, 1.82) is 10.5 Å². The number of hydrogen-bond acceptors (Lipinski definition) is 7. The number of anilines is 1. The molecular formula is C19H11ClN4OS2. The number of benzene rings is 1. The first-order chi connectivity index (χ1) is 13.0. The molecular weight excluding hydrogens is 400 g/mol. The van der Waals surface area contributed by atoms with Crippen molar-refractivity contribution in [1.82, 2.24) is 4.98 Å². The summed E-state index contributed by atoms with van der Waals surface area (Å²) in [6.07, 6.45) is 0. The maximum Gasteiger partial charge on any atom is 0.173 e. The van der Waals surface area contributed by atoms with Crippen LogP contribution in [0.3, 0.4) is 0 Å². The number of rotatable bonds is 5. The Kier molecular flexibility index (Phi) is 5.78. The molecule has 0 aliphatic carbocycles. The molecule has 0 atom stereocenters. The van der Waals surface area contributed by atoms with Crippen LogP contribution < -0.4 is 5.73 Å². The number of Topliss-reactive ketones (excluding diaryl/α,β-unsaturated/α-hetero) is 1. The van der Waals surface area contributed by atoms with Gasteiger partial charge in [-0.1, -0.05) is 35.5 Å². The Morgan fingerprint density at radius 1 is 1.26 bits per heavy atom. The first-order valence-corrected chi connectivity index (χ1v) is 9.93. The first-order valence-electron chi connectivity index (χ1n) is 7.63. The third-order valence-corrected chi connectivity index (χ3v) is 5.61. The number of carbonyl (C=O) groups excluding carboxylic acids is 1. The molecule has 0 fully saturated rings. The molecule has 0 aliphatic heterocycles. The Labute approximate surface area is 169 Å². The molecule has 0 amide bonds. The van der Waals surface area contributed by atoms with Crippen molar-refractivity contribution >= 4 is 46.3 Å². The normalized spacial score (nSPS) is 10.2. The predicted molar refractivity (Wildman–Crippen MR) is 108 cm³/mol. The van der Waals surface area contributed by atoms with Gasteiger partial charge in [0.25, 0.3) is 0 Å². The minimum absolute atomic E-state index is 0.0374. The highest BCUT2D eigenvalue weighted by Gasteiger charge is 2.21. The van der Waals surface area contributed by atoms with Crippen LogP contribution in [0.2, 0.25) is 5.02 Å². The smallest absolute Gasteiger partial charge is 0.173 e. The molecule has 0 aliphatic rings. The molecule has 2 N–H and O–H groups in total. The van der Waals surface area contributed by atoms with Crippen LogP contribution in [0.4, 0.5) is 5.82 Å². The highest BCUT2D eigenvalue weighted by molar-refractivity contribution is 8.00. The number of carbonyl (C=O) groups is 1. The number of aromatic nitrogens is 1. The van der Waals surface area contributed by atoms with Crippen molar-refractivity contribution in [2.75, 3.05) is 11.5 Å². The van der Waals surface area contributed by atoms with Gasteiger partial charge in [0.2, 0.25) is 0 Å². The van der Waals surface area contributed by atoms with Crippen LogP contribution in [-0.4, -0.2) is 16.5 Å². The van der Waals surface area contributed by atoms with Crippen LogP contribution in [0.15, 0.2) is 46.1 Å². The van der Waals surface area contributed by atoms with Gasteiger partial charge in [0, 0.05) is 16.1 Å². The van der Waals surface area contributed by atoms with Crippen molar-refractivity contribution in [2.45, 2.75) is 5.03 Å². The second-order valence-electron chi connectivity index (χ2n) is 5.39. The van der Waals surface area contributed by atoms with Crippen LogP contribution in [0.5, 0.6) is 0 Å². The standard InChI is InChI=1S/C19H11ClN4OS2/c20-13-3-1-2-11(6-13)16(25)10-27-19-15(8-22)17(12-4-5-26-9-12)14(7-21)18(23)24-19/h1-6,9H,10H2,(H2,23,24). The molecule has 3 aromatic rings. The molecule has 0 radical (unpaired) electrons. The zero-order chi connectivity index (χ0) is 19.4. The highest BCUT2D eigenvalue weighted by Crippen LogP contribution is 2.36. The van der Waals surface area contributed by atoms with Crippen LogP contribution in [0.25, 0.3) is 11.1 Å². The van der Waals surface area contributed by atoms with Gasteiger partial charge in [-0.2, -0.15) is 21.9 Å². The fraction of sp³-hybridized carbons (Fsp3) is 0.0526. The molecule has 5 nitrogen and oxygen atoms in total. The first kappa shape index (κ1) is 18.9. The topological polar surface area (TPSA) is 104 Å². The lowest BCUT2D eigenvalue weighted by Gasteiger charge is -2.11. The van der Waals surface area contributed by atoms with Crippen molar-refractivity contribution < 1.29 is 4.79 Å². The van der Waals surface area contributed by atoms with E-state index >= 15 is 0 Å². The summed E-state index contributed by atoms with van der Waals surface area (Å²) < 4.78 is 0. The maximum absolute atomic E-state index is 12.4. The molecule has 8 heteroatoms. The fourth-order valence-corrected chi connectivity index (χ4v) is 4.20. The van der Waals surface area contributed by atoms with E-state index in [9.17, 15) is 15.3 Å². The number of nitriles is 2. The van der Waals surface area contributed by atoms with Crippen molar-refractivity contribution in [3.8, 4) is 23.3 Å². The Hall–Kier alpha value is -2.84. The van der Waals surface area contributed by atoms with E-state index in [1.54, 1.807) is 24.3 Å². The summed E-state index contributed by atoms with van der Waals surface area (Å²) >= 11 is 8.49. The highest BCUT2D eigenvalue weighted by atomic mass is 35.5. The van der Waals surface area contributed by atoms with E-state index in [0.29, 0.717) is 21.2 Å². The van der Waals surface area contributed by atoms with E-state index in [-0.39, 0.29) is 28.5 Å². The average molecular weight is 411 g/mol. The average Bonchev–Trinajstić information content (AvgIpc) is 3.19. The molecule has 2 heterocycles. The Morgan fingerprint density at radius 3 is 2.67 bits per heavy atom. The third kappa shape index (κ3) is 3.96. The Balaban J connectivity index is 1.98. The van der Waals surface area contributed by atoms with Gasteiger partial charge in [-0.15, -0.1) is 0 Å². The molecule has 132 valence electrons. The summed E-state index contributed by atoms with van der Waals surface area (Å²) in [4.78, 5) is 16.6. The largest absolute Gasteiger partial charge is 0.383 e. The number of thiophene rings is 1. The van der Waals surface area contributed by atoms with Gasteiger partial charge in [-0.25, -0.2) is 4.98 Å². The van der Waals surface area contributed by atoms with E-state index in [1.165, 1.54) is 11.3 Å². The number of nitrogen functional groups attached to an aromatic ring is 1. The summed E-state index contributed by atoms with van der Waals surface area (Å²) in [5.41, 5.74) is 8.00. The molecule has 0 bridgehead atoms. The Morgan fingerprint density at radius 2 is 2.04 bits per heavy atom. The zero-order valence-electron chi connectivity index (χ0n) is 13.8. The predicted octanol–water partition coefficient (Wildman–Crippen LogP) is 4.76. The van der Waals surface area contributed by atoms with Gasteiger partial charge >= 0.3 is 0 Å². The number of hydrogen-bond donors (Lipinski definition) is 1.